The smallest absolute Gasteiger partial charge is 0.250 e. The molecule has 0 aromatic heterocycles. The summed E-state index contributed by atoms with van der Waals surface area (Å²) in [5, 5.41) is 3.80. The normalized spacial score (nSPS) is 18.5. The first-order valence-corrected chi connectivity index (χ1v) is 7.08. The predicted molar refractivity (Wildman–Crippen MR) is 78.9 cm³/mol. The van der Waals surface area contributed by atoms with Gasteiger partial charge in [-0.3, -0.25) is 4.79 Å². The van der Waals surface area contributed by atoms with Crippen LogP contribution in [0.5, 0.6) is 0 Å². The second-order valence-electron chi connectivity index (χ2n) is 4.87. The number of nitrogens with two attached hydrogens (primary N) is 1. The van der Waals surface area contributed by atoms with Gasteiger partial charge in [-0.1, -0.05) is 18.5 Å². The fourth-order valence-corrected chi connectivity index (χ4v) is 2.82. The van der Waals surface area contributed by atoms with Crippen molar-refractivity contribution in [3.05, 3.63) is 28.8 Å². The Kier molecular flexibility index (Phi) is 4.66. The number of halogens is 1. The number of nitrogens with one attached hydrogen (secondary N) is 1. The largest absolute Gasteiger partial charge is 0.367 e. The zero-order valence-electron chi connectivity index (χ0n) is 11.2. The Morgan fingerprint density at radius 2 is 2.37 bits per heavy atom. The van der Waals surface area contributed by atoms with E-state index < -0.39 is 5.91 Å². The molecule has 2 rings (SSSR count). The number of benzene rings is 1. The van der Waals surface area contributed by atoms with E-state index in [-0.39, 0.29) is 0 Å². The van der Waals surface area contributed by atoms with E-state index in [4.69, 9.17) is 17.3 Å². The first kappa shape index (κ1) is 14.2. The SMILES string of the molecule is CCCN(c1ccc(C(N)=O)c(Cl)c1)C1CCNC1. The van der Waals surface area contributed by atoms with Gasteiger partial charge in [-0.15, -0.1) is 0 Å². The maximum Gasteiger partial charge on any atom is 0.250 e. The van der Waals surface area contributed by atoms with E-state index >= 15 is 0 Å². The van der Waals surface area contributed by atoms with Crippen molar-refractivity contribution in [2.24, 2.45) is 5.73 Å². The minimum absolute atomic E-state index is 0.381. The maximum absolute atomic E-state index is 11.2. The Morgan fingerprint density at radius 3 is 2.89 bits per heavy atom. The summed E-state index contributed by atoms with van der Waals surface area (Å²) in [5.41, 5.74) is 6.72. The molecular formula is C14H20ClN3O. The summed E-state index contributed by atoms with van der Waals surface area (Å²) in [6.45, 7) is 5.19. The quantitative estimate of drug-likeness (QED) is 0.868. The van der Waals surface area contributed by atoms with E-state index in [2.05, 4.69) is 17.1 Å². The van der Waals surface area contributed by atoms with Gasteiger partial charge in [0, 0.05) is 24.8 Å². The summed E-state index contributed by atoms with van der Waals surface area (Å²) in [6, 6.07) is 5.98. The highest BCUT2D eigenvalue weighted by molar-refractivity contribution is 6.34. The number of primary amides is 1. The molecule has 1 unspecified atom stereocenters. The van der Waals surface area contributed by atoms with Crippen molar-refractivity contribution in [1.82, 2.24) is 5.32 Å². The average Bonchev–Trinajstić information content (AvgIpc) is 2.89. The summed E-state index contributed by atoms with van der Waals surface area (Å²) in [5.74, 6) is -0.485. The highest BCUT2D eigenvalue weighted by Gasteiger charge is 2.22. The molecule has 104 valence electrons. The standard InChI is InChI=1S/C14H20ClN3O/c1-2-7-18(11-5-6-17-9-11)10-3-4-12(14(16)19)13(15)8-10/h3-4,8,11,17H,2,5-7,9H2,1H3,(H2,16,19). The number of amides is 1. The Morgan fingerprint density at radius 1 is 1.58 bits per heavy atom. The Bertz CT molecular complexity index is 458. The fourth-order valence-electron chi connectivity index (χ4n) is 2.55. The summed E-state index contributed by atoms with van der Waals surface area (Å²) < 4.78 is 0. The zero-order chi connectivity index (χ0) is 13.8. The van der Waals surface area contributed by atoms with Gasteiger partial charge >= 0.3 is 0 Å². The third kappa shape index (κ3) is 3.19. The molecule has 19 heavy (non-hydrogen) atoms. The molecule has 0 spiro atoms. The Labute approximate surface area is 118 Å². The van der Waals surface area contributed by atoms with Crippen molar-refractivity contribution >= 4 is 23.2 Å². The van der Waals surface area contributed by atoms with Gasteiger partial charge in [-0.2, -0.15) is 0 Å². The summed E-state index contributed by atoms with van der Waals surface area (Å²) >= 11 is 6.13. The van der Waals surface area contributed by atoms with Gasteiger partial charge < -0.3 is 16.0 Å². The number of nitrogens with zero attached hydrogens (tertiary/aromatic N) is 1. The first-order chi connectivity index (χ1) is 9.13. The molecule has 0 saturated carbocycles. The predicted octanol–water partition coefficient (Wildman–Crippen LogP) is 2.02. The second kappa shape index (κ2) is 6.26. The molecule has 5 heteroatoms. The van der Waals surface area contributed by atoms with Gasteiger partial charge in [-0.05, 0) is 37.6 Å². The lowest BCUT2D eigenvalue weighted by atomic mass is 10.1. The van der Waals surface area contributed by atoms with Gasteiger partial charge in [0.2, 0.25) is 5.91 Å². The van der Waals surface area contributed by atoms with Crippen LogP contribution < -0.4 is 16.0 Å². The highest BCUT2D eigenvalue weighted by atomic mass is 35.5. The van der Waals surface area contributed by atoms with Crippen molar-refractivity contribution in [3.63, 3.8) is 0 Å². The van der Waals surface area contributed by atoms with Crippen molar-refractivity contribution < 1.29 is 4.79 Å². The van der Waals surface area contributed by atoms with Crippen LogP contribution >= 0.6 is 11.6 Å². The molecule has 4 nitrogen and oxygen atoms in total. The van der Waals surface area contributed by atoms with Crippen molar-refractivity contribution in [3.8, 4) is 0 Å². The van der Waals surface area contributed by atoms with Gasteiger partial charge in [-0.25, -0.2) is 0 Å². The number of anilines is 1. The second-order valence-corrected chi connectivity index (χ2v) is 5.28. The van der Waals surface area contributed by atoms with Crippen LogP contribution in [-0.2, 0) is 0 Å². The van der Waals surface area contributed by atoms with Crippen LogP contribution in [0.1, 0.15) is 30.1 Å². The topological polar surface area (TPSA) is 58.4 Å². The molecule has 1 amide bonds. The Hall–Kier alpha value is -1.26. The number of carbonyl (C=O) groups excluding carboxylic acids is 1. The van der Waals surface area contributed by atoms with Crippen LogP contribution in [0.15, 0.2) is 18.2 Å². The van der Waals surface area contributed by atoms with Gasteiger partial charge in [0.05, 0.1) is 10.6 Å². The molecular weight excluding hydrogens is 262 g/mol. The van der Waals surface area contributed by atoms with Crippen molar-refractivity contribution in [1.29, 1.82) is 0 Å². The van der Waals surface area contributed by atoms with E-state index in [9.17, 15) is 4.79 Å². The van der Waals surface area contributed by atoms with Crippen LogP contribution in [0.3, 0.4) is 0 Å². The van der Waals surface area contributed by atoms with Gasteiger partial charge in [0.1, 0.15) is 0 Å². The van der Waals surface area contributed by atoms with E-state index in [0.29, 0.717) is 16.6 Å². The third-order valence-corrected chi connectivity index (χ3v) is 3.80. The molecule has 1 saturated heterocycles. The van der Waals surface area contributed by atoms with Crippen molar-refractivity contribution in [2.75, 3.05) is 24.5 Å². The zero-order valence-corrected chi connectivity index (χ0v) is 11.9. The molecule has 1 aromatic rings. The van der Waals surface area contributed by atoms with Crippen LogP contribution in [-0.4, -0.2) is 31.6 Å². The molecule has 1 aliphatic rings. The third-order valence-electron chi connectivity index (χ3n) is 3.49. The summed E-state index contributed by atoms with van der Waals surface area (Å²) in [4.78, 5) is 13.6. The van der Waals surface area contributed by atoms with E-state index in [0.717, 1.165) is 38.2 Å². The lowest BCUT2D eigenvalue weighted by molar-refractivity contribution is 0.100. The minimum Gasteiger partial charge on any atom is -0.367 e. The fraction of sp³-hybridized carbons (Fsp3) is 0.500. The average molecular weight is 282 g/mol. The van der Waals surface area contributed by atoms with Crippen LogP contribution in [0.25, 0.3) is 0 Å². The van der Waals surface area contributed by atoms with Crippen LogP contribution in [0, 0.1) is 0 Å². The van der Waals surface area contributed by atoms with Crippen molar-refractivity contribution in [2.45, 2.75) is 25.8 Å². The lowest BCUT2D eigenvalue weighted by Gasteiger charge is -2.30. The maximum atomic E-state index is 11.2. The van der Waals surface area contributed by atoms with E-state index in [1.807, 2.05) is 12.1 Å². The van der Waals surface area contributed by atoms with Gasteiger partial charge in [0.25, 0.3) is 0 Å². The molecule has 0 radical (unpaired) electrons. The number of hydrogen-bond acceptors (Lipinski definition) is 3. The molecule has 1 atom stereocenters. The molecule has 3 N–H and O–H groups in total. The minimum atomic E-state index is -0.485. The van der Waals surface area contributed by atoms with Crippen LogP contribution in [0.2, 0.25) is 5.02 Å². The number of carbonyl (C=O) groups is 1. The molecule has 0 aliphatic carbocycles. The van der Waals surface area contributed by atoms with Crippen LogP contribution in [0.4, 0.5) is 5.69 Å². The van der Waals surface area contributed by atoms with E-state index in [1.165, 1.54) is 0 Å². The molecule has 1 aromatic carbocycles. The molecule has 1 fully saturated rings. The Balaban J connectivity index is 2.26. The summed E-state index contributed by atoms with van der Waals surface area (Å²) in [7, 11) is 0. The highest BCUT2D eigenvalue weighted by Crippen LogP contribution is 2.26. The molecule has 0 bridgehead atoms. The van der Waals surface area contributed by atoms with E-state index in [1.54, 1.807) is 6.07 Å². The monoisotopic (exact) mass is 281 g/mol. The number of rotatable bonds is 5. The number of hydrogen-bond donors (Lipinski definition) is 2. The van der Waals surface area contributed by atoms with Gasteiger partial charge in [0.15, 0.2) is 0 Å². The first-order valence-electron chi connectivity index (χ1n) is 6.70. The molecule has 1 aliphatic heterocycles. The summed E-state index contributed by atoms with van der Waals surface area (Å²) in [6.07, 6.45) is 2.21. The lowest BCUT2D eigenvalue weighted by Crippen LogP contribution is -2.37. The molecule has 1 heterocycles.